The highest BCUT2D eigenvalue weighted by molar-refractivity contribution is 5.73. The lowest BCUT2D eigenvalue weighted by atomic mass is 10.0. The zero-order valence-corrected chi connectivity index (χ0v) is 10.7. The minimum atomic E-state index is -5.00. The Kier molecular flexibility index (Phi) is 5.18. The summed E-state index contributed by atoms with van der Waals surface area (Å²) in [4.78, 5) is 14.5. The molecule has 1 aromatic rings. The summed E-state index contributed by atoms with van der Waals surface area (Å²) in [7, 11) is 0. The molecule has 0 fully saturated rings. The van der Waals surface area contributed by atoms with Gasteiger partial charge in [-0.1, -0.05) is 0 Å². The maximum Gasteiger partial charge on any atom is 0.416 e. The molecule has 0 aliphatic carbocycles. The molecule has 0 unspecified atom stereocenters. The Morgan fingerprint density at radius 2 is 2.10 bits per heavy atom. The van der Waals surface area contributed by atoms with Gasteiger partial charge in [0.05, 0.1) is 18.6 Å². The lowest BCUT2D eigenvalue weighted by Crippen LogP contribution is -2.18. The fourth-order valence-corrected chi connectivity index (χ4v) is 1.62. The first-order valence-corrected chi connectivity index (χ1v) is 5.65. The van der Waals surface area contributed by atoms with E-state index in [1.54, 1.807) is 0 Å². The van der Waals surface area contributed by atoms with E-state index in [-0.39, 0.29) is 6.61 Å². The molecule has 21 heavy (non-hydrogen) atoms. The van der Waals surface area contributed by atoms with Crippen molar-refractivity contribution in [2.45, 2.75) is 25.9 Å². The second kappa shape index (κ2) is 6.47. The van der Waals surface area contributed by atoms with Crippen LogP contribution in [0.4, 0.5) is 22.0 Å². The third-order valence-electron chi connectivity index (χ3n) is 2.41. The third-order valence-corrected chi connectivity index (χ3v) is 2.41. The van der Waals surface area contributed by atoms with Gasteiger partial charge < -0.3 is 4.74 Å². The SMILES string of the molecule is CCOC(=O)Cc1c(C(F)(F)F)cc(C#N)nc1C(F)F. The van der Waals surface area contributed by atoms with E-state index in [2.05, 4.69) is 9.72 Å². The van der Waals surface area contributed by atoms with Crippen LogP contribution in [0.5, 0.6) is 0 Å². The quantitative estimate of drug-likeness (QED) is 0.633. The predicted octanol–water partition coefficient (Wildman–Crippen LogP) is 3.02. The molecule has 0 amide bonds. The molecule has 0 aliphatic rings. The topological polar surface area (TPSA) is 63.0 Å². The fourth-order valence-electron chi connectivity index (χ4n) is 1.62. The highest BCUT2D eigenvalue weighted by Gasteiger charge is 2.37. The average molecular weight is 308 g/mol. The number of alkyl halides is 5. The second-order valence-electron chi connectivity index (χ2n) is 3.81. The molecule has 0 saturated heterocycles. The highest BCUT2D eigenvalue weighted by atomic mass is 19.4. The van der Waals surface area contributed by atoms with Gasteiger partial charge in [-0.25, -0.2) is 13.8 Å². The van der Waals surface area contributed by atoms with Crippen molar-refractivity contribution >= 4 is 5.97 Å². The average Bonchev–Trinajstić information content (AvgIpc) is 2.37. The highest BCUT2D eigenvalue weighted by Crippen LogP contribution is 2.36. The van der Waals surface area contributed by atoms with Crippen molar-refractivity contribution in [1.29, 1.82) is 5.26 Å². The van der Waals surface area contributed by atoms with Gasteiger partial charge in [0, 0.05) is 5.56 Å². The van der Waals surface area contributed by atoms with Gasteiger partial charge >= 0.3 is 12.1 Å². The van der Waals surface area contributed by atoms with Gasteiger partial charge in [-0.2, -0.15) is 18.4 Å². The number of halogens is 5. The van der Waals surface area contributed by atoms with Crippen LogP contribution in [-0.2, 0) is 22.1 Å². The zero-order chi connectivity index (χ0) is 16.2. The first-order valence-electron chi connectivity index (χ1n) is 5.65. The Bertz CT molecular complexity index is 578. The number of carbonyl (C=O) groups is 1. The molecule has 0 spiro atoms. The van der Waals surface area contributed by atoms with E-state index in [0.29, 0.717) is 6.07 Å². The van der Waals surface area contributed by atoms with Gasteiger partial charge in [0.1, 0.15) is 17.5 Å². The molecule has 9 heteroatoms. The lowest BCUT2D eigenvalue weighted by molar-refractivity contribution is -0.143. The van der Waals surface area contributed by atoms with Crippen LogP contribution in [0.3, 0.4) is 0 Å². The molecule has 114 valence electrons. The molecule has 0 saturated carbocycles. The van der Waals surface area contributed by atoms with Gasteiger partial charge in [0.2, 0.25) is 0 Å². The summed E-state index contributed by atoms with van der Waals surface area (Å²) in [6.45, 7) is 1.32. The number of hydrogen-bond donors (Lipinski definition) is 0. The summed E-state index contributed by atoms with van der Waals surface area (Å²) in [5.74, 6) is -1.09. The second-order valence-corrected chi connectivity index (χ2v) is 3.81. The van der Waals surface area contributed by atoms with Crippen molar-refractivity contribution < 1.29 is 31.5 Å². The van der Waals surface area contributed by atoms with E-state index in [9.17, 15) is 26.7 Å². The Morgan fingerprint density at radius 1 is 1.48 bits per heavy atom. The largest absolute Gasteiger partial charge is 0.466 e. The predicted molar refractivity (Wildman–Crippen MR) is 59.2 cm³/mol. The van der Waals surface area contributed by atoms with Crippen LogP contribution in [0.15, 0.2) is 6.07 Å². The van der Waals surface area contributed by atoms with E-state index < -0.39 is 47.5 Å². The van der Waals surface area contributed by atoms with E-state index in [1.807, 2.05) is 0 Å². The molecular weight excluding hydrogens is 299 g/mol. The molecular formula is C12H9F5N2O2. The zero-order valence-electron chi connectivity index (χ0n) is 10.7. The van der Waals surface area contributed by atoms with Crippen LogP contribution in [-0.4, -0.2) is 17.6 Å². The van der Waals surface area contributed by atoms with Crippen molar-refractivity contribution in [1.82, 2.24) is 4.98 Å². The Balaban J connectivity index is 3.48. The van der Waals surface area contributed by atoms with Gasteiger partial charge in [0.15, 0.2) is 0 Å². The van der Waals surface area contributed by atoms with Crippen LogP contribution < -0.4 is 0 Å². The van der Waals surface area contributed by atoms with Crippen LogP contribution in [0.1, 0.15) is 35.9 Å². The number of carbonyl (C=O) groups excluding carboxylic acids is 1. The van der Waals surface area contributed by atoms with Crippen LogP contribution in [0.25, 0.3) is 0 Å². The summed E-state index contributed by atoms with van der Waals surface area (Å²) in [5, 5.41) is 8.57. The number of nitrogens with zero attached hydrogens (tertiary/aromatic N) is 2. The van der Waals surface area contributed by atoms with Crippen molar-refractivity contribution in [3.05, 3.63) is 28.6 Å². The minimum Gasteiger partial charge on any atom is -0.466 e. The lowest BCUT2D eigenvalue weighted by Gasteiger charge is -2.16. The minimum absolute atomic E-state index is 0.103. The number of nitriles is 1. The van der Waals surface area contributed by atoms with Gasteiger partial charge in [-0.05, 0) is 13.0 Å². The fraction of sp³-hybridized carbons (Fsp3) is 0.417. The van der Waals surface area contributed by atoms with Gasteiger partial charge in [-0.3, -0.25) is 4.79 Å². The summed E-state index contributed by atoms with van der Waals surface area (Å²) in [6.07, 6.45) is -9.36. The van der Waals surface area contributed by atoms with E-state index in [1.165, 1.54) is 13.0 Å². The van der Waals surface area contributed by atoms with Gasteiger partial charge in [0.25, 0.3) is 6.43 Å². The van der Waals surface area contributed by atoms with Crippen LogP contribution in [0.2, 0.25) is 0 Å². The Morgan fingerprint density at radius 3 is 2.52 bits per heavy atom. The number of pyridine rings is 1. The first-order chi connectivity index (χ1) is 9.70. The van der Waals surface area contributed by atoms with E-state index in [4.69, 9.17) is 5.26 Å². The van der Waals surface area contributed by atoms with Crippen molar-refractivity contribution in [2.75, 3.05) is 6.61 Å². The molecule has 0 radical (unpaired) electrons. The molecule has 1 aromatic heterocycles. The maximum absolute atomic E-state index is 12.9. The molecule has 1 heterocycles. The molecule has 0 aliphatic heterocycles. The number of rotatable bonds is 4. The van der Waals surface area contributed by atoms with Crippen molar-refractivity contribution in [3.8, 4) is 6.07 Å². The molecule has 1 rings (SSSR count). The summed E-state index contributed by atoms with van der Waals surface area (Å²) in [5.41, 5.74) is -4.51. The van der Waals surface area contributed by atoms with Crippen molar-refractivity contribution in [3.63, 3.8) is 0 Å². The standard InChI is InChI=1S/C12H9F5N2O2/c1-2-21-9(20)4-7-8(12(15,16)17)3-6(5-18)19-10(7)11(13)14/h3,11H,2,4H2,1H3. The Labute approximate surface area is 116 Å². The van der Waals surface area contributed by atoms with Crippen LogP contribution >= 0.6 is 0 Å². The summed E-state index contributed by atoms with van der Waals surface area (Å²) < 4.78 is 68.9. The summed E-state index contributed by atoms with van der Waals surface area (Å²) >= 11 is 0. The summed E-state index contributed by atoms with van der Waals surface area (Å²) in [6, 6.07) is 1.61. The molecule has 0 atom stereocenters. The molecule has 4 nitrogen and oxygen atoms in total. The first kappa shape index (κ1) is 16.8. The maximum atomic E-state index is 12.9. The van der Waals surface area contributed by atoms with Gasteiger partial charge in [-0.15, -0.1) is 0 Å². The number of ether oxygens (including phenoxy) is 1. The van der Waals surface area contributed by atoms with Crippen molar-refractivity contribution in [2.24, 2.45) is 0 Å². The number of aromatic nitrogens is 1. The number of esters is 1. The smallest absolute Gasteiger partial charge is 0.416 e. The van der Waals surface area contributed by atoms with Crippen LogP contribution in [0, 0.1) is 11.3 Å². The molecule has 0 bridgehead atoms. The molecule has 0 aromatic carbocycles. The Hall–Kier alpha value is -2.24. The number of hydrogen-bond acceptors (Lipinski definition) is 4. The van der Waals surface area contributed by atoms with E-state index in [0.717, 1.165) is 0 Å². The van der Waals surface area contributed by atoms with E-state index >= 15 is 0 Å². The third kappa shape index (κ3) is 4.11. The normalized spacial score (nSPS) is 11.3. The molecule has 0 N–H and O–H groups in total. The monoisotopic (exact) mass is 308 g/mol.